The largest absolute Gasteiger partial charge is 0.493 e. The lowest BCUT2D eigenvalue weighted by atomic mass is 10.1. The molecule has 0 fully saturated rings. The highest BCUT2D eigenvalue weighted by molar-refractivity contribution is 7.16. The molecule has 30 heavy (non-hydrogen) atoms. The fourth-order valence-corrected chi connectivity index (χ4v) is 3.93. The van der Waals surface area contributed by atoms with E-state index in [-0.39, 0.29) is 17.1 Å². The number of aromatic nitrogens is 1. The number of ether oxygens (including phenoxy) is 4. The number of fused-ring (bicyclic) bond motifs is 1. The van der Waals surface area contributed by atoms with Crippen LogP contribution < -0.4 is 23.7 Å². The lowest BCUT2D eigenvalue weighted by Crippen LogP contribution is -2.14. The summed E-state index contributed by atoms with van der Waals surface area (Å²) in [6.07, 6.45) is 0. The molecular formula is C19H19N3O7S. The average Bonchev–Trinajstić information content (AvgIpc) is 3.05. The van der Waals surface area contributed by atoms with Crippen molar-refractivity contribution in [3.05, 3.63) is 44.7 Å². The molecule has 158 valence electrons. The lowest BCUT2D eigenvalue weighted by molar-refractivity contribution is -0.385. The maximum atomic E-state index is 12.9. The molecule has 0 unspecified atom stereocenters. The number of hydrogen-bond acceptors (Lipinski definition) is 8. The summed E-state index contributed by atoms with van der Waals surface area (Å²) in [5, 5.41) is 11.5. The molecule has 1 aromatic heterocycles. The number of rotatable bonds is 6. The third-order valence-electron chi connectivity index (χ3n) is 4.44. The highest BCUT2D eigenvalue weighted by Gasteiger charge is 2.24. The van der Waals surface area contributed by atoms with Crippen molar-refractivity contribution in [3.8, 4) is 23.0 Å². The molecule has 0 spiro atoms. The Bertz CT molecular complexity index is 1210. The van der Waals surface area contributed by atoms with Crippen LogP contribution in [0.15, 0.2) is 29.3 Å². The minimum absolute atomic E-state index is 0.146. The van der Waals surface area contributed by atoms with E-state index in [1.165, 1.54) is 45.8 Å². The fourth-order valence-electron chi connectivity index (χ4n) is 2.90. The third-order valence-corrected chi connectivity index (χ3v) is 5.54. The first kappa shape index (κ1) is 21.1. The van der Waals surface area contributed by atoms with Gasteiger partial charge in [0.25, 0.3) is 11.6 Å². The Morgan fingerprint density at radius 1 is 0.967 bits per heavy atom. The monoisotopic (exact) mass is 433 g/mol. The van der Waals surface area contributed by atoms with Crippen LogP contribution in [-0.2, 0) is 7.05 Å². The summed E-state index contributed by atoms with van der Waals surface area (Å²) >= 11 is 1.24. The number of aryl methyl sites for hydroxylation is 1. The molecule has 0 aliphatic carbocycles. The van der Waals surface area contributed by atoms with Gasteiger partial charge < -0.3 is 23.5 Å². The number of methoxy groups -OCH3 is 4. The number of hydrogen-bond donors (Lipinski definition) is 0. The summed E-state index contributed by atoms with van der Waals surface area (Å²) in [7, 11) is 7.53. The van der Waals surface area contributed by atoms with E-state index in [1.54, 1.807) is 23.7 Å². The van der Waals surface area contributed by atoms with Crippen LogP contribution in [0.3, 0.4) is 0 Å². The molecule has 0 bridgehead atoms. The Morgan fingerprint density at radius 2 is 1.50 bits per heavy atom. The van der Waals surface area contributed by atoms with Crippen molar-refractivity contribution < 1.29 is 28.7 Å². The van der Waals surface area contributed by atoms with Crippen molar-refractivity contribution in [2.45, 2.75) is 0 Å². The maximum absolute atomic E-state index is 12.9. The van der Waals surface area contributed by atoms with Gasteiger partial charge in [-0.25, -0.2) is 0 Å². The molecule has 11 heteroatoms. The van der Waals surface area contributed by atoms with E-state index in [0.29, 0.717) is 16.3 Å². The zero-order chi connectivity index (χ0) is 22.0. The molecule has 3 rings (SSSR count). The van der Waals surface area contributed by atoms with Crippen LogP contribution in [0.5, 0.6) is 23.0 Å². The number of nitro groups is 1. The molecule has 0 aliphatic rings. The number of carbonyl (C=O) groups is 1. The Kier molecular flexibility index (Phi) is 5.92. The summed E-state index contributed by atoms with van der Waals surface area (Å²) in [5.41, 5.74) is 0.143. The van der Waals surface area contributed by atoms with E-state index in [1.807, 2.05) is 0 Å². The topological polar surface area (TPSA) is 114 Å². The Hall–Kier alpha value is -3.60. The van der Waals surface area contributed by atoms with Gasteiger partial charge in [-0.15, -0.1) is 0 Å². The van der Waals surface area contributed by atoms with Crippen molar-refractivity contribution in [3.63, 3.8) is 0 Å². The SMILES string of the molecule is COc1cc(C(=O)N=c2sc3cc(OC)c(OC)cc3n2C)c([N+](=O)[O-])cc1OC. The first-order chi connectivity index (χ1) is 14.3. The maximum Gasteiger partial charge on any atom is 0.286 e. The summed E-state index contributed by atoms with van der Waals surface area (Å²) in [6.45, 7) is 0. The van der Waals surface area contributed by atoms with Crippen LogP contribution >= 0.6 is 11.3 Å². The van der Waals surface area contributed by atoms with E-state index >= 15 is 0 Å². The predicted octanol–water partition coefficient (Wildman–Crippen LogP) is 2.92. The van der Waals surface area contributed by atoms with Crippen LogP contribution in [0.4, 0.5) is 5.69 Å². The number of carbonyl (C=O) groups excluding carboxylic acids is 1. The molecule has 3 aromatic rings. The summed E-state index contributed by atoms with van der Waals surface area (Å²) in [5.74, 6) is 0.639. The molecule has 2 aromatic carbocycles. The molecule has 0 aliphatic heterocycles. The van der Waals surface area contributed by atoms with Gasteiger partial charge in [0.05, 0.1) is 49.6 Å². The van der Waals surface area contributed by atoms with Crippen molar-refractivity contribution >= 4 is 33.1 Å². The van der Waals surface area contributed by atoms with Gasteiger partial charge in [0.2, 0.25) is 0 Å². The first-order valence-corrected chi connectivity index (χ1v) is 9.37. The van der Waals surface area contributed by atoms with E-state index in [9.17, 15) is 14.9 Å². The van der Waals surface area contributed by atoms with Crippen molar-refractivity contribution in [1.29, 1.82) is 0 Å². The number of benzene rings is 2. The molecule has 10 nitrogen and oxygen atoms in total. The van der Waals surface area contributed by atoms with Crippen LogP contribution in [0.2, 0.25) is 0 Å². The standard InChI is InChI=1S/C19H19N3O7S/c1-21-12-8-15(28-4)16(29-5)9-17(12)30-19(21)20-18(23)10-6-13(26-2)14(27-3)7-11(10)22(24)25/h6-9H,1-5H3. The van der Waals surface area contributed by atoms with E-state index < -0.39 is 16.5 Å². The van der Waals surface area contributed by atoms with Crippen LogP contribution in [0.25, 0.3) is 10.2 Å². The zero-order valence-corrected chi connectivity index (χ0v) is 17.7. The van der Waals surface area contributed by atoms with Gasteiger partial charge in [-0.05, 0) is 0 Å². The van der Waals surface area contributed by atoms with Crippen molar-refractivity contribution in [2.75, 3.05) is 28.4 Å². The number of nitrogens with zero attached hydrogens (tertiary/aromatic N) is 3. The van der Waals surface area contributed by atoms with Gasteiger partial charge in [-0.1, -0.05) is 11.3 Å². The average molecular weight is 433 g/mol. The van der Waals surface area contributed by atoms with E-state index in [0.717, 1.165) is 16.3 Å². The second kappa shape index (κ2) is 8.41. The quantitative estimate of drug-likeness (QED) is 0.434. The van der Waals surface area contributed by atoms with Crippen molar-refractivity contribution in [2.24, 2.45) is 12.0 Å². The Labute approximate surface area is 175 Å². The minimum Gasteiger partial charge on any atom is -0.493 e. The van der Waals surface area contributed by atoms with Gasteiger partial charge in [0.15, 0.2) is 27.8 Å². The highest BCUT2D eigenvalue weighted by atomic mass is 32.1. The molecule has 0 N–H and O–H groups in total. The van der Waals surface area contributed by atoms with Gasteiger partial charge in [0.1, 0.15) is 5.56 Å². The smallest absolute Gasteiger partial charge is 0.286 e. The Morgan fingerprint density at radius 3 is 2.07 bits per heavy atom. The summed E-state index contributed by atoms with van der Waals surface area (Å²) in [4.78, 5) is 28.1. The van der Waals surface area contributed by atoms with E-state index in [2.05, 4.69) is 4.99 Å². The molecular weight excluding hydrogens is 414 g/mol. The number of nitro benzene ring substituents is 1. The highest BCUT2D eigenvalue weighted by Crippen LogP contribution is 2.35. The fraction of sp³-hybridized carbons (Fsp3) is 0.263. The minimum atomic E-state index is -0.774. The third kappa shape index (κ3) is 3.66. The van der Waals surface area contributed by atoms with Crippen LogP contribution in [-0.4, -0.2) is 43.8 Å². The first-order valence-electron chi connectivity index (χ1n) is 8.55. The van der Waals surface area contributed by atoms with Gasteiger partial charge in [-0.3, -0.25) is 14.9 Å². The molecule has 0 radical (unpaired) electrons. The molecule has 0 saturated carbocycles. The lowest BCUT2D eigenvalue weighted by Gasteiger charge is -2.08. The molecule has 0 saturated heterocycles. The second-order valence-electron chi connectivity index (χ2n) is 6.02. The second-order valence-corrected chi connectivity index (χ2v) is 7.03. The molecule has 0 atom stereocenters. The molecule has 1 amide bonds. The zero-order valence-electron chi connectivity index (χ0n) is 16.9. The normalized spacial score (nSPS) is 11.4. The van der Waals surface area contributed by atoms with Crippen molar-refractivity contribution in [1.82, 2.24) is 4.57 Å². The van der Waals surface area contributed by atoms with Gasteiger partial charge >= 0.3 is 0 Å². The van der Waals surface area contributed by atoms with E-state index in [4.69, 9.17) is 18.9 Å². The van der Waals surface area contributed by atoms with Gasteiger partial charge in [0, 0.05) is 25.2 Å². The van der Waals surface area contributed by atoms with Crippen LogP contribution in [0, 0.1) is 10.1 Å². The van der Waals surface area contributed by atoms with Gasteiger partial charge in [-0.2, -0.15) is 4.99 Å². The predicted molar refractivity (Wildman–Crippen MR) is 110 cm³/mol. The number of amides is 1. The number of thiazole rings is 1. The van der Waals surface area contributed by atoms with Crippen LogP contribution in [0.1, 0.15) is 10.4 Å². The summed E-state index contributed by atoms with van der Waals surface area (Å²) in [6, 6.07) is 5.94. The summed E-state index contributed by atoms with van der Waals surface area (Å²) < 4.78 is 23.4. The Balaban J connectivity index is 2.18. The molecule has 1 heterocycles.